The number of hydrogen-bond donors (Lipinski definition) is 0. The van der Waals surface area contributed by atoms with Gasteiger partial charge in [-0.05, 0) is 43.5 Å². The zero-order chi connectivity index (χ0) is 10.1. The predicted molar refractivity (Wildman–Crippen MR) is 54.8 cm³/mol. The highest BCUT2D eigenvalue weighted by atomic mass is 16.5. The monoisotopic (exact) mass is 190 g/mol. The summed E-state index contributed by atoms with van der Waals surface area (Å²) < 4.78 is 5.09. The maximum atomic E-state index is 11.8. The number of rotatable bonds is 3. The number of benzene rings is 1. The van der Waals surface area contributed by atoms with E-state index >= 15 is 0 Å². The summed E-state index contributed by atoms with van der Waals surface area (Å²) in [4.78, 5) is 11.8. The minimum absolute atomic E-state index is 0.294. The van der Waals surface area contributed by atoms with Crippen LogP contribution in [0.1, 0.15) is 28.8 Å². The quantitative estimate of drug-likeness (QED) is 0.685. The van der Waals surface area contributed by atoms with Gasteiger partial charge >= 0.3 is 0 Å². The molecule has 0 bridgehead atoms. The first-order valence-electron chi connectivity index (χ1n) is 4.91. The van der Waals surface area contributed by atoms with Gasteiger partial charge in [0.2, 0.25) is 0 Å². The molecular weight excluding hydrogens is 176 g/mol. The molecule has 0 aromatic heterocycles. The Morgan fingerprint density at radius 1 is 1.43 bits per heavy atom. The fourth-order valence-electron chi connectivity index (χ4n) is 1.61. The van der Waals surface area contributed by atoms with E-state index < -0.39 is 0 Å². The van der Waals surface area contributed by atoms with Crippen LogP contribution in [0.2, 0.25) is 0 Å². The number of carbonyl (C=O) groups is 1. The topological polar surface area (TPSA) is 26.3 Å². The normalized spacial score (nSPS) is 15.3. The van der Waals surface area contributed by atoms with Gasteiger partial charge in [-0.2, -0.15) is 0 Å². The van der Waals surface area contributed by atoms with E-state index in [0.717, 1.165) is 29.7 Å². The number of Topliss-reactive ketones (excluding diaryl/α,β-unsaturated/α-hetero) is 1. The Kier molecular flexibility index (Phi) is 2.28. The molecule has 2 heteroatoms. The molecule has 0 unspecified atom stereocenters. The van der Waals surface area contributed by atoms with Gasteiger partial charge in [0.25, 0.3) is 0 Å². The third-order valence-corrected chi connectivity index (χ3v) is 2.65. The lowest BCUT2D eigenvalue weighted by Gasteiger charge is -2.06. The molecule has 1 aromatic carbocycles. The van der Waals surface area contributed by atoms with E-state index in [1.54, 1.807) is 7.11 Å². The van der Waals surface area contributed by atoms with Crippen molar-refractivity contribution in [2.75, 3.05) is 7.11 Å². The van der Waals surface area contributed by atoms with Gasteiger partial charge in [0, 0.05) is 11.5 Å². The van der Waals surface area contributed by atoms with E-state index in [9.17, 15) is 4.79 Å². The number of hydrogen-bond acceptors (Lipinski definition) is 2. The Balaban J connectivity index is 2.29. The van der Waals surface area contributed by atoms with Crippen LogP contribution in [0.25, 0.3) is 0 Å². The first-order valence-corrected chi connectivity index (χ1v) is 4.91. The van der Waals surface area contributed by atoms with E-state index in [4.69, 9.17) is 4.74 Å². The zero-order valence-corrected chi connectivity index (χ0v) is 8.54. The number of ether oxygens (including phenoxy) is 1. The van der Waals surface area contributed by atoms with E-state index in [1.807, 2.05) is 25.1 Å². The highest BCUT2D eigenvalue weighted by Gasteiger charge is 2.31. The molecule has 74 valence electrons. The molecule has 0 aliphatic heterocycles. The van der Waals surface area contributed by atoms with Crippen LogP contribution >= 0.6 is 0 Å². The van der Waals surface area contributed by atoms with Crippen molar-refractivity contribution < 1.29 is 9.53 Å². The fraction of sp³-hybridized carbons (Fsp3) is 0.417. The number of methoxy groups -OCH3 is 1. The van der Waals surface area contributed by atoms with Gasteiger partial charge < -0.3 is 4.74 Å². The number of carbonyl (C=O) groups excluding carboxylic acids is 1. The summed E-state index contributed by atoms with van der Waals surface area (Å²) in [5.74, 6) is 1.40. The molecule has 1 aliphatic carbocycles. The van der Waals surface area contributed by atoms with Crippen molar-refractivity contribution in [2.45, 2.75) is 19.8 Å². The fourth-order valence-corrected chi connectivity index (χ4v) is 1.61. The van der Waals surface area contributed by atoms with Crippen molar-refractivity contribution in [3.05, 3.63) is 29.3 Å². The van der Waals surface area contributed by atoms with Gasteiger partial charge in [-0.15, -0.1) is 0 Å². The van der Waals surface area contributed by atoms with Crippen LogP contribution in [-0.4, -0.2) is 12.9 Å². The standard InChI is InChI=1S/C12H14O2/c1-8-7-10(14-2)5-6-11(8)12(13)9-3-4-9/h5-7,9H,3-4H2,1-2H3. The van der Waals surface area contributed by atoms with Gasteiger partial charge in [-0.25, -0.2) is 0 Å². The second-order valence-corrected chi connectivity index (χ2v) is 3.82. The highest BCUT2D eigenvalue weighted by Crippen LogP contribution is 2.33. The molecule has 0 atom stereocenters. The lowest BCUT2D eigenvalue weighted by Crippen LogP contribution is -2.03. The Morgan fingerprint density at radius 3 is 2.64 bits per heavy atom. The molecule has 0 spiro atoms. The SMILES string of the molecule is COc1ccc(C(=O)C2CC2)c(C)c1. The summed E-state index contributed by atoms with van der Waals surface area (Å²) >= 11 is 0. The molecule has 0 heterocycles. The number of ketones is 1. The summed E-state index contributed by atoms with van der Waals surface area (Å²) in [6.45, 7) is 1.96. The van der Waals surface area contributed by atoms with Gasteiger partial charge in [0.1, 0.15) is 5.75 Å². The molecule has 2 nitrogen and oxygen atoms in total. The smallest absolute Gasteiger partial charge is 0.166 e. The largest absolute Gasteiger partial charge is 0.497 e. The first kappa shape index (κ1) is 9.25. The summed E-state index contributed by atoms with van der Waals surface area (Å²) in [6.07, 6.45) is 2.12. The van der Waals surface area contributed by atoms with Crippen LogP contribution < -0.4 is 4.74 Å². The lowest BCUT2D eigenvalue weighted by molar-refractivity contribution is 0.0967. The van der Waals surface area contributed by atoms with E-state index in [-0.39, 0.29) is 0 Å². The van der Waals surface area contributed by atoms with Gasteiger partial charge in [0.15, 0.2) is 5.78 Å². The van der Waals surface area contributed by atoms with Crippen molar-refractivity contribution in [3.8, 4) is 5.75 Å². The van der Waals surface area contributed by atoms with Crippen LogP contribution in [-0.2, 0) is 0 Å². The Hall–Kier alpha value is -1.31. The second kappa shape index (κ2) is 3.45. The van der Waals surface area contributed by atoms with Crippen LogP contribution in [0.15, 0.2) is 18.2 Å². The number of aryl methyl sites for hydroxylation is 1. The Morgan fingerprint density at radius 2 is 2.14 bits per heavy atom. The molecule has 2 rings (SSSR count). The molecule has 0 saturated heterocycles. The summed E-state index contributed by atoms with van der Waals surface area (Å²) in [7, 11) is 1.64. The molecule has 1 saturated carbocycles. The third kappa shape index (κ3) is 1.65. The van der Waals surface area contributed by atoms with E-state index in [2.05, 4.69) is 0 Å². The summed E-state index contributed by atoms with van der Waals surface area (Å²) in [5.41, 5.74) is 1.87. The van der Waals surface area contributed by atoms with Crippen molar-refractivity contribution in [1.29, 1.82) is 0 Å². The molecule has 0 N–H and O–H groups in total. The van der Waals surface area contributed by atoms with Crippen LogP contribution in [0.4, 0.5) is 0 Å². The molecular formula is C12H14O2. The molecule has 0 amide bonds. The predicted octanol–water partition coefficient (Wildman–Crippen LogP) is 2.60. The molecule has 14 heavy (non-hydrogen) atoms. The maximum Gasteiger partial charge on any atom is 0.166 e. The highest BCUT2D eigenvalue weighted by molar-refractivity contribution is 6.00. The minimum Gasteiger partial charge on any atom is -0.497 e. The molecule has 1 aliphatic rings. The van der Waals surface area contributed by atoms with E-state index in [0.29, 0.717) is 11.7 Å². The van der Waals surface area contributed by atoms with E-state index in [1.165, 1.54) is 0 Å². The van der Waals surface area contributed by atoms with Crippen LogP contribution in [0.5, 0.6) is 5.75 Å². The molecule has 1 fully saturated rings. The van der Waals surface area contributed by atoms with Crippen molar-refractivity contribution >= 4 is 5.78 Å². The summed E-state index contributed by atoms with van der Waals surface area (Å²) in [6, 6.07) is 5.63. The molecule has 1 aromatic rings. The van der Waals surface area contributed by atoms with Crippen LogP contribution in [0.3, 0.4) is 0 Å². The van der Waals surface area contributed by atoms with Gasteiger partial charge in [0.05, 0.1) is 7.11 Å². The zero-order valence-electron chi connectivity index (χ0n) is 8.54. The Labute approximate surface area is 83.9 Å². The van der Waals surface area contributed by atoms with Crippen molar-refractivity contribution in [3.63, 3.8) is 0 Å². The van der Waals surface area contributed by atoms with Crippen molar-refractivity contribution in [2.24, 2.45) is 5.92 Å². The lowest BCUT2D eigenvalue weighted by atomic mass is 10.0. The third-order valence-electron chi connectivity index (χ3n) is 2.65. The maximum absolute atomic E-state index is 11.8. The van der Waals surface area contributed by atoms with Gasteiger partial charge in [-0.1, -0.05) is 0 Å². The average molecular weight is 190 g/mol. The second-order valence-electron chi connectivity index (χ2n) is 3.82. The Bertz CT molecular complexity index is 365. The first-order chi connectivity index (χ1) is 6.72. The minimum atomic E-state index is 0.294. The van der Waals surface area contributed by atoms with Gasteiger partial charge in [-0.3, -0.25) is 4.79 Å². The average Bonchev–Trinajstić information content (AvgIpc) is 3.00. The molecule has 0 radical (unpaired) electrons. The van der Waals surface area contributed by atoms with Crippen LogP contribution in [0, 0.1) is 12.8 Å². The summed E-state index contributed by atoms with van der Waals surface area (Å²) in [5, 5.41) is 0. The van der Waals surface area contributed by atoms with Crippen molar-refractivity contribution in [1.82, 2.24) is 0 Å².